The SMILES string of the molecule is CCCCC(CN)NC(=O)c1ccc(OCC)cc1.Cl. The number of benzene rings is 1. The first-order chi connectivity index (χ1) is 9.21. The van der Waals surface area contributed by atoms with Gasteiger partial charge in [-0.25, -0.2) is 0 Å². The fraction of sp³-hybridized carbons (Fsp3) is 0.533. The minimum absolute atomic E-state index is 0. The summed E-state index contributed by atoms with van der Waals surface area (Å²) in [5, 5.41) is 2.96. The van der Waals surface area contributed by atoms with Crippen LogP contribution >= 0.6 is 12.4 Å². The molecule has 1 rings (SSSR count). The van der Waals surface area contributed by atoms with E-state index in [9.17, 15) is 4.79 Å². The van der Waals surface area contributed by atoms with Gasteiger partial charge in [-0.1, -0.05) is 19.8 Å². The molecule has 0 spiro atoms. The molecule has 114 valence electrons. The lowest BCUT2D eigenvalue weighted by Gasteiger charge is -2.16. The molecule has 0 heterocycles. The highest BCUT2D eigenvalue weighted by atomic mass is 35.5. The first-order valence-corrected chi connectivity index (χ1v) is 6.95. The molecule has 0 radical (unpaired) electrons. The van der Waals surface area contributed by atoms with Gasteiger partial charge in [0.1, 0.15) is 5.75 Å². The van der Waals surface area contributed by atoms with Gasteiger partial charge >= 0.3 is 0 Å². The standard InChI is InChI=1S/C15H24N2O2.ClH/c1-3-5-6-13(11-16)17-15(18)12-7-9-14(10-8-12)19-4-2;/h7-10,13H,3-6,11,16H2,1-2H3,(H,17,18);1H. The highest BCUT2D eigenvalue weighted by molar-refractivity contribution is 5.94. The van der Waals surface area contributed by atoms with Crippen molar-refractivity contribution in [1.29, 1.82) is 0 Å². The topological polar surface area (TPSA) is 64.3 Å². The summed E-state index contributed by atoms with van der Waals surface area (Å²) in [5.74, 6) is 0.704. The summed E-state index contributed by atoms with van der Waals surface area (Å²) in [6, 6.07) is 7.21. The van der Waals surface area contributed by atoms with Crippen molar-refractivity contribution in [3.63, 3.8) is 0 Å². The van der Waals surface area contributed by atoms with Crippen molar-refractivity contribution in [3.8, 4) is 5.75 Å². The van der Waals surface area contributed by atoms with Gasteiger partial charge in [-0.3, -0.25) is 4.79 Å². The zero-order valence-electron chi connectivity index (χ0n) is 12.2. The highest BCUT2D eigenvalue weighted by Crippen LogP contribution is 2.12. The lowest BCUT2D eigenvalue weighted by molar-refractivity contribution is 0.0935. The maximum atomic E-state index is 12.0. The fourth-order valence-corrected chi connectivity index (χ4v) is 1.84. The number of rotatable bonds is 8. The van der Waals surface area contributed by atoms with E-state index in [0.717, 1.165) is 25.0 Å². The number of amides is 1. The summed E-state index contributed by atoms with van der Waals surface area (Å²) < 4.78 is 5.34. The number of halogens is 1. The van der Waals surface area contributed by atoms with Gasteiger partial charge in [0.25, 0.3) is 5.91 Å². The van der Waals surface area contributed by atoms with Gasteiger partial charge in [-0.15, -0.1) is 12.4 Å². The van der Waals surface area contributed by atoms with Crippen molar-refractivity contribution in [3.05, 3.63) is 29.8 Å². The Labute approximate surface area is 127 Å². The summed E-state index contributed by atoms with van der Waals surface area (Å²) in [5.41, 5.74) is 6.31. The third-order valence-corrected chi connectivity index (χ3v) is 2.95. The Balaban J connectivity index is 0.00000361. The van der Waals surface area contributed by atoms with Crippen LogP contribution in [-0.2, 0) is 0 Å². The van der Waals surface area contributed by atoms with Crippen LogP contribution in [0.15, 0.2) is 24.3 Å². The van der Waals surface area contributed by atoms with Crippen LogP contribution in [-0.4, -0.2) is 25.1 Å². The molecule has 0 aliphatic heterocycles. The van der Waals surface area contributed by atoms with Gasteiger partial charge in [0, 0.05) is 18.2 Å². The lowest BCUT2D eigenvalue weighted by Crippen LogP contribution is -2.40. The van der Waals surface area contributed by atoms with E-state index in [2.05, 4.69) is 12.2 Å². The van der Waals surface area contributed by atoms with Crippen LogP contribution in [0.3, 0.4) is 0 Å². The number of carbonyl (C=O) groups is 1. The van der Waals surface area contributed by atoms with Crippen LogP contribution in [0.1, 0.15) is 43.5 Å². The second kappa shape index (κ2) is 10.5. The van der Waals surface area contributed by atoms with Crippen molar-refractivity contribution in [2.24, 2.45) is 5.73 Å². The van der Waals surface area contributed by atoms with Gasteiger partial charge in [0.2, 0.25) is 0 Å². The van der Waals surface area contributed by atoms with E-state index in [0.29, 0.717) is 18.7 Å². The summed E-state index contributed by atoms with van der Waals surface area (Å²) in [7, 11) is 0. The highest BCUT2D eigenvalue weighted by Gasteiger charge is 2.11. The molecule has 1 aromatic carbocycles. The van der Waals surface area contributed by atoms with E-state index in [-0.39, 0.29) is 24.4 Å². The minimum Gasteiger partial charge on any atom is -0.494 e. The van der Waals surface area contributed by atoms with E-state index in [1.165, 1.54) is 0 Å². The van der Waals surface area contributed by atoms with Gasteiger partial charge < -0.3 is 15.8 Å². The number of ether oxygens (including phenoxy) is 1. The van der Waals surface area contributed by atoms with Crippen LogP contribution in [0.25, 0.3) is 0 Å². The van der Waals surface area contributed by atoms with Crippen molar-refractivity contribution in [2.75, 3.05) is 13.2 Å². The Morgan fingerprint density at radius 1 is 1.30 bits per heavy atom. The first-order valence-electron chi connectivity index (χ1n) is 6.95. The number of nitrogens with two attached hydrogens (primary N) is 1. The van der Waals surface area contributed by atoms with E-state index >= 15 is 0 Å². The van der Waals surface area contributed by atoms with Crippen LogP contribution in [0.2, 0.25) is 0 Å². The fourth-order valence-electron chi connectivity index (χ4n) is 1.84. The van der Waals surface area contributed by atoms with Crippen LogP contribution in [0.5, 0.6) is 5.75 Å². The average Bonchev–Trinajstić information content (AvgIpc) is 2.44. The van der Waals surface area contributed by atoms with Crippen molar-refractivity contribution in [2.45, 2.75) is 39.2 Å². The zero-order chi connectivity index (χ0) is 14.1. The number of carbonyl (C=O) groups excluding carboxylic acids is 1. The van der Waals surface area contributed by atoms with E-state index in [4.69, 9.17) is 10.5 Å². The minimum atomic E-state index is -0.0744. The molecule has 0 aliphatic carbocycles. The largest absolute Gasteiger partial charge is 0.494 e. The number of unbranched alkanes of at least 4 members (excludes halogenated alkanes) is 1. The van der Waals surface area contributed by atoms with Crippen LogP contribution in [0.4, 0.5) is 0 Å². The summed E-state index contributed by atoms with van der Waals surface area (Å²) in [4.78, 5) is 12.0. The Morgan fingerprint density at radius 2 is 1.95 bits per heavy atom. The number of nitrogens with one attached hydrogen (secondary N) is 1. The molecule has 0 aliphatic rings. The second-order valence-corrected chi connectivity index (χ2v) is 4.51. The van der Waals surface area contributed by atoms with Gasteiger partial charge in [-0.2, -0.15) is 0 Å². The lowest BCUT2D eigenvalue weighted by atomic mass is 10.1. The predicted molar refractivity (Wildman–Crippen MR) is 84.7 cm³/mol. The predicted octanol–water partition coefficient (Wildman–Crippen LogP) is 2.75. The average molecular weight is 301 g/mol. The Kier molecular flexibility index (Phi) is 9.86. The van der Waals surface area contributed by atoms with Gasteiger partial charge in [0.05, 0.1) is 6.61 Å². The van der Waals surface area contributed by atoms with Crippen molar-refractivity contribution >= 4 is 18.3 Å². The van der Waals surface area contributed by atoms with Crippen LogP contribution in [0, 0.1) is 0 Å². The Hall–Kier alpha value is -1.26. The molecule has 3 N–H and O–H groups in total. The van der Waals surface area contributed by atoms with E-state index in [1.54, 1.807) is 12.1 Å². The molecule has 1 unspecified atom stereocenters. The molecule has 20 heavy (non-hydrogen) atoms. The maximum absolute atomic E-state index is 12.0. The number of hydrogen-bond donors (Lipinski definition) is 2. The molecule has 0 fully saturated rings. The Morgan fingerprint density at radius 3 is 2.45 bits per heavy atom. The molecular formula is C15H25ClN2O2. The van der Waals surface area contributed by atoms with E-state index < -0.39 is 0 Å². The van der Waals surface area contributed by atoms with Gasteiger partial charge in [0.15, 0.2) is 0 Å². The molecule has 1 atom stereocenters. The monoisotopic (exact) mass is 300 g/mol. The third kappa shape index (κ3) is 6.26. The molecule has 0 bridgehead atoms. The van der Waals surface area contributed by atoms with Gasteiger partial charge in [-0.05, 0) is 37.6 Å². The molecular weight excluding hydrogens is 276 g/mol. The van der Waals surface area contributed by atoms with Crippen molar-refractivity contribution < 1.29 is 9.53 Å². The normalized spacial score (nSPS) is 11.3. The van der Waals surface area contributed by atoms with Crippen LogP contribution < -0.4 is 15.8 Å². The second-order valence-electron chi connectivity index (χ2n) is 4.51. The number of hydrogen-bond acceptors (Lipinski definition) is 3. The summed E-state index contributed by atoms with van der Waals surface area (Å²) >= 11 is 0. The molecule has 1 amide bonds. The summed E-state index contributed by atoms with van der Waals surface area (Å²) in [6.45, 7) is 5.16. The quantitative estimate of drug-likeness (QED) is 0.776. The molecule has 4 nitrogen and oxygen atoms in total. The zero-order valence-corrected chi connectivity index (χ0v) is 13.0. The molecule has 0 saturated heterocycles. The Bertz CT molecular complexity index is 382. The molecule has 5 heteroatoms. The summed E-state index contributed by atoms with van der Waals surface area (Å²) in [6.07, 6.45) is 3.11. The van der Waals surface area contributed by atoms with Crippen molar-refractivity contribution in [1.82, 2.24) is 5.32 Å². The molecule has 1 aromatic rings. The molecule has 0 aromatic heterocycles. The molecule has 0 saturated carbocycles. The smallest absolute Gasteiger partial charge is 0.251 e. The maximum Gasteiger partial charge on any atom is 0.251 e. The third-order valence-electron chi connectivity index (χ3n) is 2.95. The first kappa shape index (κ1) is 18.7. The van der Waals surface area contributed by atoms with E-state index in [1.807, 2.05) is 19.1 Å².